The molecule has 88 valence electrons. The van der Waals surface area contributed by atoms with Gasteiger partial charge in [-0.15, -0.1) is 0 Å². The average molecular weight is 250 g/mol. The van der Waals surface area contributed by atoms with Crippen LogP contribution in [-0.2, 0) is 0 Å². The Kier molecular flexibility index (Phi) is 3.80. The van der Waals surface area contributed by atoms with Crippen molar-refractivity contribution >= 4 is 25.0 Å². The summed E-state index contributed by atoms with van der Waals surface area (Å²) in [6.07, 6.45) is 6.63. The van der Waals surface area contributed by atoms with Crippen LogP contribution in [0.2, 0.25) is 18.6 Å². The maximum Gasteiger partial charge on any atom is 0.0847 e. The molecule has 1 aromatic rings. The lowest BCUT2D eigenvalue weighted by atomic mass is 10.3. The van der Waals surface area contributed by atoms with Crippen LogP contribution in [0.3, 0.4) is 0 Å². The van der Waals surface area contributed by atoms with Gasteiger partial charge in [-0.3, -0.25) is 0 Å². The highest BCUT2D eigenvalue weighted by molar-refractivity contribution is 7.99. The summed E-state index contributed by atoms with van der Waals surface area (Å²) in [5.74, 6) is 0. The molecule has 1 aliphatic rings. The van der Waals surface area contributed by atoms with E-state index in [0.29, 0.717) is 0 Å². The van der Waals surface area contributed by atoms with E-state index in [9.17, 15) is 0 Å². The summed E-state index contributed by atoms with van der Waals surface area (Å²) in [6, 6.07) is 11.2. The first-order valence-electron chi connectivity index (χ1n) is 6.24. The molecule has 0 aliphatic heterocycles. The van der Waals surface area contributed by atoms with Crippen LogP contribution in [0, 0.1) is 0 Å². The van der Waals surface area contributed by atoms with Crippen LogP contribution in [-0.4, -0.2) is 19.6 Å². The number of rotatable bonds is 3. The van der Waals surface area contributed by atoms with Crippen LogP contribution < -0.4 is 5.19 Å². The van der Waals surface area contributed by atoms with E-state index in [0.717, 1.165) is 10.8 Å². The van der Waals surface area contributed by atoms with Crippen molar-refractivity contribution in [2.24, 2.45) is 0 Å². The second-order valence-corrected chi connectivity index (χ2v) is 11.2. The predicted octanol–water partition coefficient (Wildman–Crippen LogP) is 3.89. The first-order chi connectivity index (χ1) is 7.66. The first kappa shape index (κ1) is 12.2. The van der Waals surface area contributed by atoms with Gasteiger partial charge in [0.15, 0.2) is 0 Å². The molecule has 0 spiro atoms. The van der Waals surface area contributed by atoms with Gasteiger partial charge >= 0.3 is 0 Å². The van der Waals surface area contributed by atoms with Crippen molar-refractivity contribution in [3.05, 3.63) is 30.3 Å². The lowest BCUT2D eigenvalue weighted by Gasteiger charge is -2.33. The van der Waals surface area contributed by atoms with Crippen LogP contribution in [0.15, 0.2) is 30.3 Å². The van der Waals surface area contributed by atoms with Crippen LogP contribution in [0.25, 0.3) is 0 Å². The Balaban J connectivity index is 2.24. The molecular weight excluding hydrogens is 228 g/mol. The fraction of sp³-hybridized carbons (Fsp3) is 0.571. The second kappa shape index (κ2) is 4.97. The Morgan fingerprint density at radius 3 is 2.44 bits per heavy atom. The Labute approximate surface area is 105 Å². The maximum atomic E-state index is 2.56. The molecule has 16 heavy (non-hydrogen) atoms. The van der Waals surface area contributed by atoms with Gasteiger partial charge in [-0.1, -0.05) is 61.5 Å². The number of hydrogen-bond acceptors (Lipinski definition) is 1. The first-order valence-corrected chi connectivity index (χ1v) is 10.6. The lowest BCUT2D eigenvalue weighted by Crippen LogP contribution is -2.47. The molecule has 0 saturated heterocycles. The standard InChI is InChI=1S/C14H22SSi/c1-15-13-10-7-11-14(13)16(2,3)12-8-5-4-6-9-12/h4-6,8-9,13-14H,7,10-11H2,1-3H3/t13-,14-/m1/s1. The number of hydrogen-bond donors (Lipinski definition) is 0. The molecule has 1 fully saturated rings. The molecule has 1 saturated carbocycles. The molecule has 0 bridgehead atoms. The van der Waals surface area contributed by atoms with Crippen molar-refractivity contribution in [1.82, 2.24) is 0 Å². The van der Waals surface area contributed by atoms with Gasteiger partial charge < -0.3 is 0 Å². The van der Waals surface area contributed by atoms with Crippen molar-refractivity contribution in [3.8, 4) is 0 Å². The van der Waals surface area contributed by atoms with Crippen molar-refractivity contribution in [2.75, 3.05) is 6.26 Å². The van der Waals surface area contributed by atoms with Gasteiger partial charge in [0.2, 0.25) is 0 Å². The molecule has 2 heteroatoms. The summed E-state index contributed by atoms with van der Waals surface area (Å²) < 4.78 is 0. The molecule has 0 N–H and O–H groups in total. The van der Waals surface area contributed by atoms with Gasteiger partial charge in [0.25, 0.3) is 0 Å². The summed E-state index contributed by atoms with van der Waals surface area (Å²) in [5.41, 5.74) is 0.977. The lowest BCUT2D eigenvalue weighted by molar-refractivity contribution is 0.857. The smallest absolute Gasteiger partial charge is 0.0847 e. The Bertz CT molecular complexity index is 334. The monoisotopic (exact) mass is 250 g/mol. The highest BCUT2D eigenvalue weighted by Crippen LogP contribution is 2.44. The molecule has 2 atom stereocenters. The maximum absolute atomic E-state index is 2.56. The SMILES string of the molecule is CS[C@@H]1CCC[C@H]1[Si](C)(C)c1ccccc1. The summed E-state index contributed by atoms with van der Waals surface area (Å²) >= 11 is 2.10. The van der Waals surface area contributed by atoms with E-state index in [-0.39, 0.29) is 0 Å². The number of thioether (sulfide) groups is 1. The van der Waals surface area contributed by atoms with Crippen molar-refractivity contribution < 1.29 is 0 Å². The van der Waals surface area contributed by atoms with E-state index >= 15 is 0 Å². The topological polar surface area (TPSA) is 0 Å². The van der Waals surface area contributed by atoms with Crippen LogP contribution in [0.5, 0.6) is 0 Å². The summed E-state index contributed by atoms with van der Waals surface area (Å²) in [5, 5.41) is 2.56. The van der Waals surface area contributed by atoms with Crippen molar-refractivity contribution in [2.45, 2.75) is 43.1 Å². The Hall–Kier alpha value is -0.213. The van der Waals surface area contributed by atoms with E-state index in [2.05, 4.69) is 61.4 Å². The highest BCUT2D eigenvalue weighted by Gasteiger charge is 2.40. The molecule has 0 unspecified atom stereocenters. The molecule has 1 aromatic carbocycles. The third-order valence-electron chi connectivity index (χ3n) is 4.20. The van der Waals surface area contributed by atoms with Crippen LogP contribution in [0.4, 0.5) is 0 Å². The van der Waals surface area contributed by atoms with Crippen LogP contribution >= 0.6 is 11.8 Å². The fourth-order valence-corrected chi connectivity index (χ4v) is 8.91. The van der Waals surface area contributed by atoms with Gasteiger partial charge in [0.05, 0.1) is 8.07 Å². The molecule has 2 rings (SSSR count). The molecule has 0 aromatic heterocycles. The predicted molar refractivity (Wildman–Crippen MR) is 78.5 cm³/mol. The normalized spacial score (nSPS) is 25.9. The third-order valence-corrected chi connectivity index (χ3v) is 9.98. The van der Waals surface area contributed by atoms with Crippen LogP contribution in [0.1, 0.15) is 19.3 Å². The van der Waals surface area contributed by atoms with Gasteiger partial charge in [-0.05, 0) is 18.2 Å². The van der Waals surface area contributed by atoms with Gasteiger partial charge in [0.1, 0.15) is 0 Å². The second-order valence-electron chi connectivity index (χ2n) is 5.40. The van der Waals surface area contributed by atoms with Gasteiger partial charge in [-0.25, -0.2) is 0 Å². The Morgan fingerprint density at radius 2 is 1.81 bits per heavy atom. The number of benzene rings is 1. The molecular formula is C14H22SSi. The summed E-state index contributed by atoms with van der Waals surface area (Å²) in [7, 11) is -1.25. The van der Waals surface area contributed by atoms with Crippen molar-refractivity contribution in [1.29, 1.82) is 0 Å². The van der Waals surface area contributed by atoms with E-state index in [4.69, 9.17) is 0 Å². The minimum Gasteiger partial charge on any atom is -0.162 e. The molecule has 1 aliphatic carbocycles. The minimum absolute atomic E-state index is 0.918. The third kappa shape index (κ3) is 2.23. The van der Waals surface area contributed by atoms with E-state index in [1.165, 1.54) is 19.3 Å². The molecule has 0 heterocycles. The minimum atomic E-state index is -1.25. The zero-order chi connectivity index (χ0) is 11.6. The zero-order valence-corrected chi connectivity index (χ0v) is 12.4. The van der Waals surface area contributed by atoms with E-state index in [1.54, 1.807) is 5.19 Å². The summed E-state index contributed by atoms with van der Waals surface area (Å²) in [6.45, 7) is 5.11. The van der Waals surface area contributed by atoms with Gasteiger partial charge in [0, 0.05) is 5.25 Å². The fourth-order valence-electron chi connectivity index (χ4n) is 3.12. The molecule has 0 amide bonds. The molecule has 0 nitrogen and oxygen atoms in total. The largest absolute Gasteiger partial charge is 0.162 e. The summed E-state index contributed by atoms with van der Waals surface area (Å²) in [4.78, 5) is 0. The van der Waals surface area contributed by atoms with E-state index < -0.39 is 8.07 Å². The Morgan fingerprint density at radius 1 is 1.12 bits per heavy atom. The molecule has 0 radical (unpaired) electrons. The highest BCUT2D eigenvalue weighted by atomic mass is 32.2. The van der Waals surface area contributed by atoms with Gasteiger partial charge in [-0.2, -0.15) is 11.8 Å². The zero-order valence-electron chi connectivity index (χ0n) is 10.6. The quantitative estimate of drug-likeness (QED) is 0.734. The average Bonchev–Trinajstić information content (AvgIpc) is 2.79. The van der Waals surface area contributed by atoms with E-state index in [1.807, 2.05) is 0 Å². The van der Waals surface area contributed by atoms with Crippen molar-refractivity contribution in [3.63, 3.8) is 0 Å².